The van der Waals surface area contributed by atoms with Crippen molar-refractivity contribution in [2.75, 3.05) is 10.7 Å². The van der Waals surface area contributed by atoms with Crippen molar-refractivity contribution in [1.29, 1.82) is 0 Å². The zero-order valence-electron chi connectivity index (χ0n) is 10.8. The van der Waals surface area contributed by atoms with Crippen LogP contribution in [0.15, 0.2) is 57.5 Å². The Morgan fingerprint density at radius 1 is 0.800 bits per heavy atom. The first-order chi connectivity index (χ1) is 9.61. The first kappa shape index (κ1) is 16.7. The second-order valence-corrected chi connectivity index (χ2v) is 7.71. The number of benzene rings is 2. The molecular weight excluding hydrogens is 512 g/mol. The fourth-order valence-electron chi connectivity index (χ4n) is 2.20. The summed E-state index contributed by atoms with van der Waals surface area (Å²) in [5, 5.41) is 1.82. The maximum atomic E-state index is 3.71. The molecule has 0 atom stereocenters. The SMILES string of the molecule is BrCC(CBr)(Cc1ccccc1Br)c1ccc(Br)cc1. The van der Waals surface area contributed by atoms with E-state index in [0.717, 1.165) is 21.6 Å². The van der Waals surface area contributed by atoms with Crippen LogP contribution in [-0.4, -0.2) is 10.7 Å². The van der Waals surface area contributed by atoms with Gasteiger partial charge in [-0.25, -0.2) is 0 Å². The average Bonchev–Trinajstić information content (AvgIpc) is 2.48. The van der Waals surface area contributed by atoms with Crippen LogP contribution in [0.5, 0.6) is 0 Å². The lowest BCUT2D eigenvalue weighted by Crippen LogP contribution is -2.33. The Kier molecular flexibility index (Phi) is 6.33. The minimum Gasteiger partial charge on any atom is -0.0918 e. The Morgan fingerprint density at radius 2 is 1.40 bits per heavy atom. The van der Waals surface area contributed by atoms with E-state index in [2.05, 4.69) is 112 Å². The summed E-state index contributed by atoms with van der Waals surface area (Å²) in [6, 6.07) is 17.0. The van der Waals surface area contributed by atoms with Crippen LogP contribution in [-0.2, 0) is 11.8 Å². The Labute approximate surface area is 153 Å². The van der Waals surface area contributed by atoms with E-state index >= 15 is 0 Å². The average molecular weight is 526 g/mol. The molecular formula is C16H14Br4. The highest BCUT2D eigenvalue weighted by Crippen LogP contribution is 2.35. The summed E-state index contributed by atoms with van der Waals surface area (Å²) < 4.78 is 2.28. The Balaban J connectivity index is 2.39. The van der Waals surface area contributed by atoms with E-state index in [1.807, 2.05) is 0 Å². The number of hydrogen-bond acceptors (Lipinski definition) is 0. The molecule has 0 spiro atoms. The van der Waals surface area contributed by atoms with Gasteiger partial charge in [-0.1, -0.05) is 94.1 Å². The van der Waals surface area contributed by atoms with Crippen molar-refractivity contribution >= 4 is 63.7 Å². The molecule has 4 heteroatoms. The van der Waals surface area contributed by atoms with Gasteiger partial charge in [-0.05, 0) is 35.7 Å². The van der Waals surface area contributed by atoms with E-state index < -0.39 is 0 Å². The largest absolute Gasteiger partial charge is 0.0918 e. The number of rotatable bonds is 5. The first-order valence-electron chi connectivity index (χ1n) is 6.23. The van der Waals surface area contributed by atoms with Gasteiger partial charge in [-0.2, -0.15) is 0 Å². The molecule has 0 unspecified atom stereocenters. The van der Waals surface area contributed by atoms with Crippen molar-refractivity contribution in [3.05, 3.63) is 68.6 Å². The molecule has 0 aliphatic rings. The maximum absolute atomic E-state index is 3.71. The summed E-state index contributed by atoms with van der Waals surface area (Å²) in [6.07, 6.45) is 0.979. The van der Waals surface area contributed by atoms with E-state index in [-0.39, 0.29) is 5.41 Å². The third-order valence-electron chi connectivity index (χ3n) is 3.45. The van der Waals surface area contributed by atoms with Crippen molar-refractivity contribution in [2.45, 2.75) is 11.8 Å². The van der Waals surface area contributed by atoms with Crippen LogP contribution in [0, 0.1) is 0 Å². The second kappa shape index (κ2) is 7.57. The van der Waals surface area contributed by atoms with E-state index in [4.69, 9.17) is 0 Å². The zero-order chi connectivity index (χ0) is 14.6. The zero-order valence-corrected chi connectivity index (χ0v) is 17.1. The number of alkyl halides is 2. The summed E-state index contributed by atoms with van der Waals surface area (Å²) >= 11 is 14.6. The predicted octanol–water partition coefficient (Wildman–Crippen LogP) is 6.48. The van der Waals surface area contributed by atoms with Gasteiger partial charge in [0.05, 0.1) is 0 Å². The van der Waals surface area contributed by atoms with Crippen molar-refractivity contribution in [1.82, 2.24) is 0 Å². The lowest BCUT2D eigenvalue weighted by atomic mass is 9.79. The van der Waals surface area contributed by atoms with Gasteiger partial charge in [0.2, 0.25) is 0 Å². The molecule has 0 saturated carbocycles. The van der Waals surface area contributed by atoms with Crippen LogP contribution in [0.2, 0.25) is 0 Å². The highest BCUT2D eigenvalue weighted by molar-refractivity contribution is 9.11. The first-order valence-corrected chi connectivity index (χ1v) is 10.1. The molecule has 0 bridgehead atoms. The molecule has 0 heterocycles. The summed E-state index contributed by atoms with van der Waals surface area (Å²) in [6.45, 7) is 0. The van der Waals surface area contributed by atoms with Gasteiger partial charge in [0.1, 0.15) is 0 Å². The molecule has 2 aromatic rings. The normalized spacial score (nSPS) is 11.6. The molecule has 0 nitrogen and oxygen atoms in total. The van der Waals surface area contributed by atoms with Crippen LogP contribution < -0.4 is 0 Å². The monoisotopic (exact) mass is 522 g/mol. The van der Waals surface area contributed by atoms with Gasteiger partial charge in [0.25, 0.3) is 0 Å². The van der Waals surface area contributed by atoms with Gasteiger partial charge in [-0.3, -0.25) is 0 Å². The topological polar surface area (TPSA) is 0 Å². The predicted molar refractivity (Wildman–Crippen MR) is 101 cm³/mol. The fourth-order valence-corrected chi connectivity index (χ4v) is 4.86. The van der Waals surface area contributed by atoms with Crippen LogP contribution in [0.1, 0.15) is 11.1 Å². The van der Waals surface area contributed by atoms with Crippen LogP contribution in [0.3, 0.4) is 0 Å². The van der Waals surface area contributed by atoms with E-state index in [1.165, 1.54) is 15.6 Å². The maximum Gasteiger partial charge on any atom is 0.0207 e. The van der Waals surface area contributed by atoms with E-state index in [0.29, 0.717) is 0 Å². The van der Waals surface area contributed by atoms with Gasteiger partial charge < -0.3 is 0 Å². The molecule has 0 aromatic heterocycles. The molecule has 0 radical (unpaired) electrons. The smallest absolute Gasteiger partial charge is 0.0207 e. The van der Waals surface area contributed by atoms with Crippen molar-refractivity contribution in [3.63, 3.8) is 0 Å². The van der Waals surface area contributed by atoms with E-state index in [1.54, 1.807) is 0 Å². The molecule has 0 aliphatic heterocycles. The summed E-state index contributed by atoms with van der Waals surface area (Å²) in [4.78, 5) is 0. The molecule has 20 heavy (non-hydrogen) atoms. The highest BCUT2D eigenvalue weighted by atomic mass is 79.9. The fraction of sp³-hybridized carbons (Fsp3) is 0.250. The van der Waals surface area contributed by atoms with E-state index in [9.17, 15) is 0 Å². The molecule has 2 aromatic carbocycles. The number of hydrogen-bond donors (Lipinski definition) is 0. The lowest BCUT2D eigenvalue weighted by molar-refractivity contribution is 0.550. The third kappa shape index (κ3) is 3.76. The van der Waals surface area contributed by atoms with Crippen molar-refractivity contribution in [2.24, 2.45) is 0 Å². The van der Waals surface area contributed by atoms with Crippen molar-refractivity contribution < 1.29 is 0 Å². The third-order valence-corrected chi connectivity index (χ3v) is 6.90. The molecule has 0 N–H and O–H groups in total. The number of halogens is 4. The van der Waals surface area contributed by atoms with Crippen molar-refractivity contribution in [3.8, 4) is 0 Å². The Morgan fingerprint density at radius 3 is 1.95 bits per heavy atom. The molecule has 0 fully saturated rings. The second-order valence-electron chi connectivity index (χ2n) is 4.82. The molecule has 106 valence electrons. The van der Waals surface area contributed by atoms with Crippen LogP contribution in [0.4, 0.5) is 0 Å². The Bertz CT molecular complexity index is 559. The molecule has 0 saturated heterocycles. The van der Waals surface area contributed by atoms with Crippen LogP contribution in [0.25, 0.3) is 0 Å². The Hall–Kier alpha value is 0.360. The van der Waals surface area contributed by atoms with Gasteiger partial charge >= 0.3 is 0 Å². The minimum atomic E-state index is 0.0462. The molecule has 2 rings (SSSR count). The summed E-state index contributed by atoms with van der Waals surface area (Å²) in [5.41, 5.74) is 2.71. The standard InChI is InChI=1S/C16H14Br4/c17-10-16(11-18,13-5-7-14(19)8-6-13)9-12-3-1-2-4-15(12)20/h1-8H,9-11H2. The summed E-state index contributed by atoms with van der Waals surface area (Å²) in [7, 11) is 0. The van der Waals surface area contributed by atoms with Gasteiger partial charge in [-0.15, -0.1) is 0 Å². The molecule has 0 aliphatic carbocycles. The summed E-state index contributed by atoms with van der Waals surface area (Å²) in [5.74, 6) is 0. The van der Waals surface area contributed by atoms with Gasteiger partial charge in [0, 0.05) is 25.0 Å². The minimum absolute atomic E-state index is 0.0462. The highest BCUT2D eigenvalue weighted by Gasteiger charge is 2.31. The quantitative estimate of drug-likeness (QED) is 0.392. The lowest BCUT2D eigenvalue weighted by Gasteiger charge is -2.31. The molecule has 0 amide bonds. The van der Waals surface area contributed by atoms with Gasteiger partial charge in [0.15, 0.2) is 0 Å². The van der Waals surface area contributed by atoms with Crippen LogP contribution >= 0.6 is 63.7 Å².